The molecule has 0 spiro atoms. The van der Waals surface area contributed by atoms with Crippen molar-refractivity contribution in [2.75, 3.05) is 16.6 Å². The van der Waals surface area contributed by atoms with E-state index in [1.54, 1.807) is 54.6 Å². The molecule has 3 aromatic rings. The Morgan fingerprint density at radius 2 is 1.71 bits per heavy atom. The number of halogens is 1. The highest BCUT2D eigenvalue weighted by atomic mass is 35.5. The minimum absolute atomic E-state index is 0.0229. The average molecular weight is 494 g/mol. The molecule has 5 rings (SSSR count). The van der Waals surface area contributed by atoms with Crippen LogP contribution in [0.5, 0.6) is 5.75 Å². The van der Waals surface area contributed by atoms with Crippen LogP contribution in [0.1, 0.15) is 18.5 Å². The molecule has 0 N–H and O–H groups in total. The van der Waals surface area contributed by atoms with Crippen molar-refractivity contribution in [2.24, 2.45) is 5.92 Å². The zero-order valence-corrected chi connectivity index (χ0v) is 19.3. The van der Waals surface area contributed by atoms with Gasteiger partial charge < -0.3 is 4.74 Å². The number of anilines is 2. The molecule has 2 fully saturated rings. The lowest BCUT2D eigenvalue weighted by molar-refractivity contribution is -0.384. The third-order valence-electron chi connectivity index (χ3n) is 6.04. The molecule has 2 aliphatic rings. The van der Waals surface area contributed by atoms with Crippen LogP contribution in [-0.4, -0.2) is 29.4 Å². The van der Waals surface area contributed by atoms with Crippen molar-refractivity contribution in [2.45, 2.75) is 19.1 Å². The molecular weight excluding hydrogens is 474 g/mol. The molecule has 2 aliphatic heterocycles. The normalized spacial score (nSPS) is 21.4. The fourth-order valence-corrected chi connectivity index (χ4v) is 4.70. The molecule has 10 heteroatoms. The number of nitrogens with zero attached hydrogens (tertiary/aromatic N) is 3. The fourth-order valence-electron chi connectivity index (χ4n) is 4.52. The van der Waals surface area contributed by atoms with Gasteiger partial charge in [-0.15, -0.1) is 0 Å². The quantitative estimate of drug-likeness (QED) is 0.278. The molecule has 0 unspecified atom stereocenters. The van der Waals surface area contributed by atoms with E-state index in [1.807, 2.05) is 13.0 Å². The van der Waals surface area contributed by atoms with Crippen molar-refractivity contribution < 1.29 is 24.1 Å². The van der Waals surface area contributed by atoms with Gasteiger partial charge in [0, 0.05) is 6.07 Å². The third-order valence-corrected chi connectivity index (χ3v) is 6.36. The van der Waals surface area contributed by atoms with Crippen LogP contribution in [-0.2, 0) is 14.4 Å². The molecule has 3 atom stereocenters. The van der Waals surface area contributed by atoms with Crippen LogP contribution in [0.4, 0.5) is 17.1 Å². The van der Waals surface area contributed by atoms with E-state index in [2.05, 4.69) is 0 Å². The lowest BCUT2D eigenvalue weighted by Crippen LogP contribution is -2.37. The van der Waals surface area contributed by atoms with Gasteiger partial charge in [0.15, 0.2) is 6.10 Å². The Morgan fingerprint density at radius 1 is 1.00 bits per heavy atom. The van der Waals surface area contributed by atoms with Gasteiger partial charge in [0.25, 0.3) is 11.6 Å². The molecule has 178 valence electrons. The summed E-state index contributed by atoms with van der Waals surface area (Å²) in [4.78, 5) is 45.2. The molecular formula is C25H20ClN3O6. The van der Waals surface area contributed by atoms with Gasteiger partial charge in [-0.05, 0) is 55.0 Å². The van der Waals surface area contributed by atoms with Crippen LogP contribution < -0.4 is 14.7 Å². The minimum Gasteiger partial charge on any atom is -0.494 e. The summed E-state index contributed by atoms with van der Waals surface area (Å²) in [7, 11) is 0. The number of imide groups is 1. The number of ether oxygens (including phenoxy) is 1. The van der Waals surface area contributed by atoms with Crippen LogP contribution in [0.3, 0.4) is 0 Å². The predicted octanol–water partition coefficient (Wildman–Crippen LogP) is 4.70. The number of carbonyl (C=O) groups is 2. The Labute approximate surface area is 205 Å². The number of hydrogen-bond acceptors (Lipinski definition) is 7. The van der Waals surface area contributed by atoms with Crippen molar-refractivity contribution in [1.29, 1.82) is 0 Å². The first-order valence-corrected chi connectivity index (χ1v) is 11.3. The molecule has 0 radical (unpaired) electrons. The van der Waals surface area contributed by atoms with Crippen LogP contribution in [0, 0.1) is 16.0 Å². The summed E-state index contributed by atoms with van der Waals surface area (Å²) in [6.45, 7) is 2.35. The molecule has 2 amide bonds. The van der Waals surface area contributed by atoms with Gasteiger partial charge >= 0.3 is 0 Å². The van der Waals surface area contributed by atoms with Gasteiger partial charge in [0.05, 0.1) is 28.9 Å². The zero-order chi connectivity index (χ0) is 24.7. The molecule has 9 nitrogen and oxygen atoms in total. The first-order chi connectivity index (χ1) is 16.9. The highest BCUT2D eigenvalue weighted by Crippen LogP contribution is 2.48. The molecule has 0 aliphatic carbocycles. The first-order valence-electron chi connectivity index (χ1n) is 11.0. The monoisotopic (exact) mass is 493 g/mol. The van der Waals surface area contributed by atoms with Gasteiger partial charge in [-0.25, -0.2) is 9.96 Å². The van der Waals surface area contributed by atoms with E-state index < -0.39 is 34.8 Å². The summed E-state index contributed by atoms with van der Waals surface area (Å²) in [5.74, 6) is -1.26. The van der Waals surface area contributed by atoms with Crippen molar-refractivity contribution in [3.63, 3.8) is 0 Å². The second-order valence-electron chi connectivity index (χ2n) is 8.06. The highest BCUT2D eigenvalue weighted by molar-refractivity contribution is 6.32. The maximum absolute atomic E-state index is 13.7. The van der Waals surface area contributed by atoms with Crippen molar-refractivity contribution >= 4 is 40.5 Å². The number of carbonyl (C=O) groups excluding carboxylic acids is 2. The lowest BCUT2D eigenvalue weighted by atomic mass is 9.90. The maximum atomic E-state index is 13.7. The van der Waals surface area contributed by atoms with Gasteiger partial charge in [0.2, 0.25) is 5.91 Å². The van der Waals surface area contributed by atoms with E-state index in [0.717, 1.165) is 4.90 Å². The molecule has 3 aromatic carbocycles. The number of para-hydroxylation sites is 1. The van der Waals surface area contributed by atoms with E-state index in [9.17, 15) is 19.7 Å². The standard InChI is InChI=1S/C25H20ClN3O6/c1-2-34-18-11-9-16(10-12-18)27-24(30)21-22(15-8-13-19(26)20(14-15)29(32)33)28(35-23(21)25(27)31)17-6-4-3-5-7-17/h3-14,21-23H,2H2,1H3/t21-,22-,23-/m0/s1. The molecule has 2 saturated heterocycles. The van der Waals surface area contributed by atoms with E-state index >= 15 is 0 Å². The topological polar surface area (TPSA) is 102 Å². The zero-order valence-electron chi connectivity index (χ0n) is 18.5. The summed E-state index contributed by atoms with van der Waals surface area (Å²) in [6.07, 6.45) is -1.09. The van der Waals surface area contributed by atoms with Crippen LogP contribution in [0.2, 0.25) is 5.02 Å². The van der Waals surface area contributed by atoms with Gasteiger partial charge in [-0.3, -0.25) is 24.5 Å². The van der Waals surface area contributed by atoms with Gasteiger partial charge in [-0.1, -0.05) is 35.9 Å². The van der Waals surface area contributed by atoms with E-state index in [4.69, 9.17) is 21.2 Å². The van der Waals surface area contributed by atoms with Crippen LogP contribution in [0.25, 0.3) is 0 Å². The SMILES string of the molecule is CCOc1ccc(N2C(=O)[C@@H]3[C@H](ON(c4ccccc4)[C@H]3c3ccc(Cl)c([N+](=O)[O-])c3)C2=O)cc1. The van der Waals surface area contributed by atoms with E-state index in [-0.39, 0.29) is 10.7 Å². The van der Waals surface area contributed by atoms with Crippen molar-refractivity contribution in [3.05, 3.63) is 93.5 Å². The van der Waals surface area contributed by atoms with Crippen molar-refractivity contribution in [3.8, 4) is 5.75 Å². The minimum atomic E-state index is -1.09. The number of hydroxylamine groups is 1. The third kappa shape index (κ3) is 3.88. The highest BCUT2D eigenvalue weighted by Gasteiger charge is 2.60. The van der Waals surface area contributed by atoms with E-state index in [1.165, 1.54) is 17.2 Å². The number of benzene rings is 3. The summed E-state index contributed by atoms with van der Waals surface area (Å²) in [5, 5.41) is 13.0. The molecule has 2 heterocycles. The number of nitro groups is 1. The maximum Gasteiger partial charge on any atom is 0.288 e. The summed E-state index contributed by atoms with van der Waals surface area (Å²) < 4.78 is 5.44. The smallest absolute Gasteiger partial charge is 0.288 e. The number of amides is 2. The van der Waals surface area contributed by atoms with Gasteiger partial charge in [-0.2, -0.15) is 0 Å². The van der Waals surface area contributed by atoms with Crippen LogP contribution in [0.15, 0.2) is 72.8 Å². The Balaban J connectivity index is 1.57. The molecule has 35 heavy (non-hydrogen) atoms. The Kier molecular flexibility index (Phi) is 5.88. The first kappa shape index (κ1) is 22.8. The van der Waals surface area contributed by atoms with Crippen LogP contribution >= 0.6 is 11.6 Å². The molecule has 0 aromatic heterocycles. The second kappa shape index (κ2) is 9.01. The largest absolute Gasteiger partial charge is 0.494 e. The second-order valence-corrected chi connectivity index (χ2v) is 8.47. The number of rotatable bonds is 6. The number of nitro benzene ring substituents is 1. The Morgan fingerprint density at radius 3 is 2.37 bits per heavy atom. The number of hydrogen-bond donors (Lipinski definition) is 0. The average Bonchev–Trinajstić information content (AvgIpc) is 3.37. The fraction of sp³-hybridized carbons (Fsp3) is 0.200. The summed E-state index contributed by atoms with van der Waals surface area (Å²) in [6, 6.07) is 19.2. The number of fused-ring (bicyclic) bond motifs is 1. The molecule has 0 bridgehead atoms. The van der Waals surface area contributed by atoms with Crippen molar-refractivity contribution in [1.82, 2.24) is 0 Å². The van der Waals surface area contributed by atoms with Gasteiger partial charge in [0.1, 0.15) is 16.7 Å². The predicted molar refractivity (Wildman–Crippen MR) is 128 cm³/mol. The van der Waals surface area contributed by atoms with E-state index in [0.29, 0.717) is 29.3 Å². The Bertz CT molecular complexity index is 1300. The summed E-state index contributed by atoms with van der Waals surface area (Å²) in [5.41, 5.74) is 1.15. The molecule has 0 saturated carbocycles. The Hall–Kier alpha value is -3.95. The summed E-state index contributed by atoms with van der Waals surface area (Å²) >= 11 is 6.03. The lowest BCUT2D eigenvalue weighted by Gasteiger charge is -2.28.